The highest BCUT2D eigenvalue weighted by Crippen LogP contribution is 2.02. The maximum absolute atomic E-state index is 9.77. The van der Waals surface area contributed by atoms with E-state index in [0.717, 1.165) is 0 Å². The van der Waals surface area contributed by atoms with E-state index in [1.165, 1.54) is 0 Å². The van der Waals surface area contributed by atoms with Gasteiger partial charge in [0.25, 0.3) is 0 Å². The minimum absolute atomic E-state index is 0.639. The fourth-order valence-corrected chi connectivity index (χ4v) is 0.0577. The van der Waals surface area contributed by atoms with E-state index < -0.39 is 17.1 Å². The van der Waals surface area contributed by atoms with Crippen LogP contribution in [0, 0.1) is 24.0 Å². The molecule has 0 atom stereocenters. The molecule has 0 heterocycles. The van der Waals surface area contributed by atoms with Crippen LogP contribution in [0.25, 0.3) is 0 Å². The van der Waals surface area contributed by atoms with Crippen LogP contribution in [0.15, 0.2) is 0 Å². The third-order valence-corrected chi connectivity index (χ3v) is 0.682. The van der Waals surface area contributed by atoms with Crippen LogP contribution in [0.5, 0.6) is 0 Å². The highest BCUT2D eigenvalue weighted by Gasteiger charge is 2.29. The van der Waals surface area contributed by atoms with Gasteiger partial charge in [0.05, 0.1) is 0 Å². The number of aliphatic hydroxyl groups excluding tert-OH is 1. The van der Waals surface area contributed by atoms with Gasteiger partial charge in [-0.15, -0.1) is 0 Å². The Kier molecular flexibility index (Phi) is 1.92. The zero-order chi connectivity index (χ0) is 6.78. The van der Waals surface area contributed by atoms with Crippen molar-refractivity contribution in [3.05, 3.63) is 24.0 Å². The summed E-state index contributed by atoms with van der Waals surface area (Å²) in [6.45, 7) is 5.42. The van der Waals surface area contributed by atoms with E-state index in [2.05, 4.69) is 13.8 Å². The molecule has 0 spiro atoms. The van der Waals surface area contributed by atoms with Crippen LogP contribution in [0.2, 0.25) is 0 Å². The highest BCUT2D eigenvalue weighted by molar-refractivity contribution is 4.83. The van der Waals surface area contributed by atoms with Gasteiger partial charge >= 0.3 is 0 Å². The average molecular weight is 117 g/mol. The summed E-state index contributed by atoms with van der Waals surface area (Å²) in [4.78, 5) is 9.04. The largest absolute Gasteiger partial charge is 0.389 e. The topological polar surface area (TPSA) is 63.4 Å². The Morgan fingerprint density at radius 2 is 2.12 bits per heavy atom. The minimum Gasteiger partial charge on any atom is -0.389 e. The molecule has 1 N–H and O–H groups in total. The van der Waals surface area contributed by atoms with E-state index >= 15 is 0 Å². The van der Waals surface area contributed by atoms with Crippen LogP contribution in [0.3, 0.4) is 0 Å². The number of hydrogen-bond acceptors (Lipinski definition) is 3. The number of aliphatic hydroxyl groups is 1. The molecule has 0 aromatic heterocycles. The highest BCUT2D eigenvalue weighted by atomic mass is 16.6. The second kappa shape index (κ2) is 2.09. The van der Waals surface area contributed by atoms with Crippen LogP contribution in [0.1, 0.15) is 0 Å². The summed E-state index contributed by atoms with van der Waals surface area (Å²) >= 11 is 0. The molecule has 0 fully saturated rings. The van der Waals surface area contributed by atoms with Gasteiger partial charge in [-0.05, 0) is 0 Å². The van der Waals surface area contributed by atoms with Crippen molar-refractivity contribution in [2.75, 3.05) is 6.61 Å². The lowest BCUT2D eigenvalue weighted by Gasteiger charge is -2.09. The maximum Gasteiger partial charge on any atom is 0.245 e. The van der Waals surface area contributed by atoms with Crippen molar-refractivity contribution in [2.45, 2.75) is 5.54 Å². The molecular weight excluding hydrogens is 110 g/mol. The molecule has 0 amide bonds. The first kappa shape index (κ1) is 7.36. The lowest BCUT2D eigenvalue weighted by molar-refractivity contribution is -0.546. The average Bonchev–Trinajstić information content (AvgIpc) is 1.67. The molecule has 0 saturated heterocycles. The lowest BCUT2D eigenvalue weighted by Crippen LogP contribution is -2.35. The fourth-order valence-electron chi connectivity index (χ4n) is 0.0577. The van der Waals surface area contributed by atoms with Gasteiger partial charge in [0, 0.05) is 18.8 Å². The predicted molar refractivity (Wildman–Crippen MR) is 27.5 cm³/mol. The van der Waals surface area contributed by atoms with E-state index in [0.29, 0.717) is 0 Å². The summed E-state index contributed by atoms with van der Waals surface area (Å²) in [7, 11) is 0. The Hall–Kier alpha value is -0.640. The molecule has 0 aliphatic rings. The third-order valence-electron chi connectivity index (χ3n) is 0.682. The van der Waals surface area contributed by atoms with Crippen LogP contribution in [-0.4, -0.2) is 22.2 Å². The monoisotopic (exact) mass is 117 g/mol. The summed E-state index contributed by atoms with van der Waals surface area (Å²) in [5.74, 6) is 0. The molecule has 0 unspecified atom stereocenters. The number of rotatable bonds is 2. The molecule has 4 nitrogen and oxygen atoms in total. The van der Waals surface area contributed by atoms with Gasteiger partial charge in [-0.1, -0.05) is 0 Å². The van der Waals surface area contributed by atoms with Crippen molar-refractivity contribution in [1.82, 2.24) is 0 Å². The molecule has 2 radical (unpaired) electrons. The Morgan fingerprint density at radius 3 is 2.12 bits per heavy atom. The minimum atomic E-state index is -1.68. The third kappa shape index (κ3) is 1.46. The van der Waals surface area contributed by atoms with Gasteiger partial charge in [-0.3, -0.25) is 10.1 Å². The van der Waals surface area contributed by atoms with E-state index in [4.69, 9.17) is 5.11 Å². The number of hydrogen-bond donors (Lipinski definition) is 1. The van der Waals surface area contributed by atoms with Gasteiger partial charge < -0.3 is 5.11 Å². The maximum atomic E-state index is 9.77. The van der Waals surface area contributed by atoms with E-state index in [9.17, 15) is 10.1 Å². The van der Waals surface area contributed by atoms with Crippen LogP contribution in [0.4, 0.5) is 0 Å². The van der Waals surface area contributed by atoms with Gasteiger partial charge in [-0.25, -0.2) is 0 Å². The van der Waals surface area contributed by atoms with Crippen molar-refractivity contribution in [3.8, 4) is 0 Å². The molecule has 0 rings (SSSR count). The van der Waals surface area contributed by atoms with Crippen molar-refractivity contribution >= 4 is 0 Å². The first-order valence-electron chi connectivity index (χ1n) is 1.97. The molecule has 4 heteroatoms. The van der Waals surface area contributed by atoms with E-state index in [1.807, 2.05) is 0 Å². The Labute approximate surface area is 47.3 Å². The van der Waals surface area contributed by atoms with E-state index in [-0.39, 0.29) is 0 Å². The summed E-state index contributed by atoms with van der Waals surface area (Å²) < 4.78 is 0. The molecule has 0 bridgehead atoms. The normalized spacial score (nSPS) is 11.4. The zero-order valence-corrected chi connectivity index (χ0v) is 4.33. The number of nitro groups is 1. The molecule has 8 heavy (non-hydrogen) atoms. The molecule has 0 aliphatic heterocycles. The second-order valence-electron chi connectivity index (χ2n) is 1.64. The molecule has 46 valence electrons. The van der Waals surface area contributed by atoms with E-state index in [1.54, 1.807) is 0 Å². The zero-order valence-electron chi connectivity index (χ0n) is 4.33. The van der Waals surface area contributed by atoms with Crippen molar-refractivity contribution in [2.24, 2.45) is 0 Å². The Morgan fingerprint density at radius 1 is 1.75 bits per heavy atom. The Balaban J connectivity index is 3.91. The van der Waals surface area contributed by atoms with Crippen LogP contribution in [-0.2, 0) is 0 Å². The van der Waals surface area contributed by atoms with Gasteiger partial charge in [0.15, 0.2) is 0 Å². The van der Waals surface area contributed by atoms with Crippen LogP contribution < -0.4 is 0 Å². The predicted octanol–water partition coefficient (Wildman–Crippen LogP) is -0.338. The summed E-state index contributed by atoms with van der Waals surface area (Å²) in [6, 6.07) is 0. The quantitative estimate of drug-likeness (QED) is 0.397. The first-order chi connectivity index (χ1) is 3.50. The van der Waals surface area contributed by atoms with Crippen molar-refractivity contribution in [1.29, 1.82) is 0 Å². The van der Waals surface area contributed by atoms with Gasteiger partial charge in [0.1, 0.15) is 6.61 Å². The molecule has 0 aliphatic carbocycles. The Bertz CT molecular complexity index is 99.5. The van der Waals surface area contributed by atoms with Gasteiger partial charge in [0.2, 0.25) is 5.54 Å². The first-order valence-corrected chi connectivity index (χ1v) is 1.97. The molecule has 0 aromatic rings. The lowest BCUT2D eigenvalue weighted by atomic mass is 10.1. The summed E-state index contributed by atoms with van der Waals surface area (Å²) in [5.41, 5.74) is -1.68. The fraction of sp³-hybridized carbons (Fsp3) is 0.500. The van der Waals surface area contributed by atoms with Gasteiger partial charge in [-0.2, -0.15) is 0 Å². The van der Waals surface area contributed by atoms with Crippen LogP contribution >= 0.6 is 0 Å². The van der Waals surface area contributed by atoms with Crippen molar-refractivity contribution in [3.63, 3.8) is 0 Å². The summed E-state index contributed by atoms with van der Waals surface area (Å²) in [5, 5.41) is 18.0. The summed E-state index contributed by atoms with van der Waals surface area (Å²) in [6.07, 6.45) is 0. The standard InChI is InChI=1S/C4H7NO3/c1-4(2,3-6)5(7)8/h6H,1-3H2. The van der Waals surface area contributed by atoms with Crippen molar-refractivity contribution < 1.29 is 10.0 Å². The smallest absolute Gasteiger partial charge is 0.245 e. The second-order valence-corrected chi connectivity index (χ2v) is 1.64. The molecular formula is C4H7NO3. The molecule has 0 aromatic carbocycles. The SMILES string of the molecule is [CH2]C([CH2])(CO)[N+](=O)[O-]. The molecule has 0 saturated carbocycles. The number of nitrogens with zero attached hydrogens (tertiary/aromatic N) is 1.